The van der Waals surface area contributed by atoms with Crippen LogP contribution >= 0.6 is 0 Å². The number of piperazine rings is 1. The predicted molar refractivity (Wildman–Crippen MR) is 89.5 cm³/mol. The van der Waals surface area contributed by atoms with E-state index in [0.29, 0.717) is 39.2 Å². The standard InChI is InChI=1S/C18H26N2O3/c1-5-23-18(22)20-8-6-19(7-9-20)17(21)12-16-14(3)10-13(2)11-15(16)4/h10-11H,5-9,12H2,1-4H3. The summed E-state index contributed by atoms with van der Waals surface area (Å²) in [5, 5.41) is 0. The molecule has 1 aromatic rings. The number of amides is 2. The topological polar surface area (TPSA) is 49.9 Å². The molecule has 5 nitrogen and oxygen atoms in total. The summed E-state index contributed by atoms with van der Waals surface area (Å²) < 4.78 is 5.00. The lowest BCUT2D eigenvalue weighted by atomic mass is 9.97. The molecule has 1 heterocycles. The van der Waals surface area contributed by atoms with Gasteiger partial charge in [0.25, 0.3) is 0 Å². The molecule has 0 unspecified atom stereocenters. The van der Waals surface area contributed by atoms with Crippen molar-refractivity contribution in [1.29, 1.82) is 0 Å². The average Bonchev–Trinajstić information content (AvgIpc) is 2.51. The maximum atomic E-state index is 12.6. The third-order valence-corrected chi connectivity index (χ3v) is 4.33. The second kappa shape index (κ2) is 7.49. The van der Waals surface area contributed by atoms with Crippen LogP contribution in [-0.4, -0.2) is 54.6 Å². The van der Waals surface area contributed by atoms with Gasteiger partial charge in [-0.3, -0.25) is 4.79 Å². The van der Waals surface area contributed by atoms with Crippen LogP contribution < -0.4 is 0 Å². The Labute approximate surface area is 138 Å². The molecule has 1 saturated heterocycles. The molecule has 126 valence electrons. The van der Waals surface area contributed by atoms with E-state index in [9.17, 15) is 9.59 Å². The minimum absolute atomic E-state index is 0.128. The Balaban J connectivity index is 1.95. The Hall–Kier alpha value is -2.04. The molecule has 23 heavy (non-hydrogen) atoms. The second-order valence-corrected chi connectivity index (χ2v) is 6.12. The van der Waals surface area contributed by atoms with Crippen LogP contribution in [0.15, 0.2) is 12.1 Å². The van der Waals surface area contributed by atoms with Crippen molar-refractivity contribution in [3.63, 3.8) is 0 Å². The number of rotatable bonds is 3. The number of aryl methyl sites for hydroxylation is 3. The summed E-state index contributed by atoms with van der Waals surface area (Å²) in [6.07, 6.45) is 0.141. The summed E-state index contributed by atoms with van der Waals surface area (Å²) in [5.74, 6) is 0.128. The first-order valence-electron chi connectivity index (χ1n) is 8.18. The molecular weight excluding hydrogens is 292 g/mol. The molecule has 0 aliphatic carbocycles. The largest absolute Gasteiger partial charge is 0.450 e. The lowest BCUT2D eigenvalue weighted by Gasteiger charge is -2.34. The Morgan fingerprint density at radius 1 is 1.00 bits per heavy atom. The van der Waals surface area contributed by atoms with Gasteiger partial charge in [0.2, 0.25) is 5.91 Å². The Morgan fingerprint density at radius 2 is 1.52 bits per heavy atom. The minimum atomic E-state index is -0.287. The van der Waals surface area contributed by atoms with Gasteiger partial charge in [-0.25, -0.2) is 4.79 Å². The number of carbonyl (C=O) groups is 2. The number of hydrogen-bond acceptors (Lipinski definition) is 3. The van der Waals surface area contributed by atoms with Gasteiger partial charge in [-0.15, -0.1) is 0 Å². The molecule has 0 bridgehead atoms. The zero-order chi connectivity index (χ0) is 17.0. The van der Waals surface area contributed by atoms with E-state index in [0.717, 1.165) is 5.56 Å². The third kappa shape index (κ3) is 4.24. The molecule has 2 rings (SSSR count). The zero-order valence-electron chi connectivity index (χ0n) is 14.5. The number of carbonyl (C=O) groups excluding carboxylic acids is 2. The van der Waals surface area contributed by atoms with E-state index in [2.05, 4.69) is 32.9 Å². The van der Waals surface area contributed by atoms with Crippen LogP contribution in [0.1, 0.15) is 29.2 Å². The van der Waals surface area contributed by atoms with Crippen molar-refractivity contribution in [3.05, 3.63) is 34.4 Å². The minimum Gasteiger partial charge on any atom is -0.450 e. The van der Waals surface area contributed by atoms with Crippen molar-refractivity contribution in [3.8, 4) is 0 Å². The summed E-state index contributed by atoms with van der Waals surface area (Å²) in [6.45, 7) is 10.6. The van der Waals surface area contributed by atoms with Gasteiger partial charge in [0.05, 0.1) is 13.0 Å². The van der Waals surface area contributed by atoms with Gasteiger partial charge in [0.15, 0.2) is 0 Å². The van der Waals surface area contributed by atoms with Crippen molar-refractivity contribution < 1.29 is 14.3 Å². The van der Waals surface area contributed by atoms with E-state index >= 15 is 0 Å². The van der Waals surface area contributed by atoms with E-state index in [4.69, 9.17) is 4.74 Å². The summed E-state index contributed by atoms with van der Waals surface area (Å²) in [7, 11) is 0. The van der Waals surface area contributed by atoms with Crippen molar-refractivity contribution in [1.82, 2.24) is 9.80 Å². The molecule has 2 amide bonds. The Kier molecular flexibility index (Phi) is 5.64. The van der Waals surface area contributed by atoms with Gasteiger partial charge in [0, 0.05) is 26.2 Å². The van der Waals surface area contributed by atoms with Crippen LogP contribution in [0.4, 0.5) is 4.79 Å². The molecule has 1 fully saturated rings. The molecule has 0 atom stereocenters. The molecule has 0 radical (unpaired) electrons. The number of ether oxygens (including phenoxy) is 1. The van der Waals surface area contributed by atoms with E-state index < -0.39 is 0 Å². The predicted octanol–water partition coefficient (Wildman–Crippen LogP) is 2.46. The SMILES string of the molecule is CCOC(=O)N1CCN(C(=O)Cc2c(C)cc(C)cc2C)CC1. The summed E-state index contributed by atoms with van der Waals surface area (Å²) in [4.78, 5) is 27.7. The lowest BCUT2D eigenvalue weighted by molar-refractivity contribution is -0.132. The number of nitrogens with zero attached hydrogens (tertiary/aromatic N) is 2. The van der Waals surface area contributed by atoms with Crippen LogP contribution in [-0.2, 0) is 16.0 Å². The molecule has 1 aliphatic rings. The van der Waals surface area contributed by atoms with Crippen LogP contribution in [0.25, 0.3) is 0 Å². The zero-order valence-corrected chi connectivity index (χ0v) is 14.5. The average molecular weight is 318 g/mol. The number of hydrogen-bond donors (Lipinski definition) is 0. The first-order chi connectivity index (χ1) is 10.9. The van der Waals surface area contributed by atoms with Crippen molar-refractivity contribution >= 4 is 12.0 Å². The first-order valence-corrected chi connectivity index (χ1v) is 8.18. The summed E-state index contributed by atoms with van der Waals surface area (Å²) >= 11 is 0. The quantitative estimate of drug-likeness (QED) is 0.860. The first kappa shape index (κ1) is 17.3. The fraction of sp³-hybridized carbons (Fsp3) is 0.556. The normalized spacial score (nSPS) is 14.8. The highest BCUT2D eigenvalue weighted by molar-refractivity contribution is 5.80. The van der Waals surface area contributed by atoms with Gasteiger partial charge in [-0.2, -0.15) is 0 Å². The van der Waals surface area contributed by atoms with Gasteiger partial charge < -0.3 is 14.5 Å². The van der Waals surface area contributed by atoms with Crippen LogP contribution in [0.2, 0.25) is 0 Å². The number of benzene rings is 1. The fourth-order valence-electron chi connectivity index (χ4n) is 3.10. The van der Waals surface area contributed by atoms with E-state index in [1.54, 1.807) is 11.8 Å². The van der Waals surface area contributed by atoms with Crippen LogP contribution in [0.3, 0.4) is 0 Å². The van der Waals surface area contributed by atoms with Gasteiger partial charge in [-0.1, -0.05) is 17.7 Å². The molecule has 0 aromatic heterocycles. The maximum absolute atomic E-state index is 12.6. The van der Waals surface area contributed by atoms with Crippen LogP contribution in [0.5, 0.6) is 0 Å². The molecular formula is C18H26N2O3. The van der Waals surface area contributed by atoms with Gasteiger partial charge in [-0.05, 0) is 44.4 Å². The Morgan fingerprint density at radius 3 is 2.04 bits per heavy atom. The van der Waals surface area contributed by atoms with Gasteiger partial charge in [0.1, 0.15) is 0 Å². The van der Waals surface area contributed by atoms with E-state index in [1.807, 2.05) is 4.90 Å². The molecule has 0 N–H and O–H groups in total. The highest BCUT2D eigenvalue weighted by Gasteiger charge is 2.25. The highest BCUT2D eigenvalue weighted by atomic mass is 16.6. The second-order valence-electron chi connectivity index (χ2n) is 6.12. The van der Waals surface area contributed by atoms with Crippen molar-refractivity contribution in [2.45, 2.75) is 34.1 Å². The van der Waals surface area contributed by atoms with Crippen molar-refractivity contribution in [2.75, 3.05) is 32.8 Å². The molecule has 1 aliphatic heterocycles. The monoisotopic (exact) mass is 318 g/mol. The van der Waals surface area contributed by atoms with Gasteiger partial charge >= 0.3 is 6.09 Å². The molecule has 0 spiro atoms. The summed E-state index contributed by atoms with van der Waals surface area (Å²) in [5.41, 5.74) is 4.68. The van der Waals surface area contributed by atoms with Crippen LogP contribution in [0, 0.1) is 20.8 Å². The molecule has 0 saturated carbocycles. The Bertz CT molecular complexity index is 567. The maximum Gasteiger partial charge on any atom is 0.409 e. The molecule has 1 aromatic carbocycles. The smallest absolute Gasteiger partial charge is 0.409 e. The highest BCUT2D eigenvalue weighted by Crippen LogP contribution is 2.18. The van der Waals surface area contributed by atoms with E-state index in [-0.39, 0.29) is 12.0 Å². The van der Waals surface area contributed by atoms with Crippen molar-refractivity contribution in [2.24, 2.45) is 0 Å². The fourth-order valence-corrected chi connectivity index (χ4v) is 3.10. The summed E-state index contributed by atoms with van der Waals surface area (Å²) in [6, 6.07) is 4.24. The third-order valence-electron chi connectivity index (χ3n) is 4.33. The molecule has 5 heteroatoms. The van der Waals surface area contributed by atoms with E-state index in [1.165, 1.54) is 16.7 Å². The lowest BCUT2D eigenvalue weighted by Crippen LogP contribution is -2.51.